The number of hydrogen-bond donors (Lipinski definition) is 3. The van der Waals surface area contributed by atoms with E-state index in [1.807, 2.05) is 6.92 Å². The lowest BCUT2D eigenvalue weighted by molar-refractivity contribution is 0.1000. The average molecular weight is 418 g/mol. The van der Waals surface area contributed by atoms with E-state index in [9.17, 15) is 4.79 Å². The lowest BCUT2D eigenvalue weighted by atomic mass is 10.1. The number of methoxy groups -OCH3 is 1. The second-order valence-electron chi connectivity index (χ2n) is 7.32. The summed E-state index contributed by atoms with van der Waals surface area (Å²) in [6, 6.07) is 2.65. The van der Waals surface area contributed by atoms with Gasteiger partial charge in [0, 0.05) is 31.5 Å². The number of primary amides is 1. The summed E-state index contributed by atoms with van der Waals surface area (Å²) in [4.78, 5) is 19.6. The van der Waals surface area contributed by atoms with Crippen molar-refractivity contribution in [1.29, 1.82) is 0 Å². The molecule has 0 spiro atoms. The second-order valence-corrected chi connectivity index (χ2v) is 7.32. The van der Waals surface area contributed by atoms with Crippen LogP contribution >= 0.6 is 0 Å². The van der Waals surface area contributed by atoms with Crippen molar-refractivity contribution in [3.8, 4) is 5.88 Å². The van der Waals surface area contributed by atoms with E-state index in [0.29, 0.717) is 23.3 Å². The van der Waals surface area contributed by atoms with Crippen LogP contribution in [0.15, 0.2) is 30.7 Å². The lowest BCUT2D eigenvalue weighted by Gasteiger charge is -2.26. The molecule has 0 radical (unpaired) electrons. The van der Waals surface area contributed by atoms with Crippen LogP contribution in [0.5, 0.6) is 5.88 Å². The predicted molar refractivity (Wildman–Crippen MR) is 111 cm³/mol. The molecule has 1 saturated carbocycles. The molecule has 1 amide bonds. The van der Waals surface area contributed by atoms with Gasteiger partial charge in [0.05, 0.1) is 35.9 Å². The van der Waals surface area contributed by atoms with Crippen LogP contribution in [0.25, 0.3) is 0 Å². The van der Waals surface area contributed by atoms with E-state index in [4.69, 9.17) is 20.9 Å². The van der Waals surface area contributed by atoms with Crippen molar-refractivity contribution < 1.29 is 18.7 Å². The van der Waals surface area contributed by atoms with Crippen molar-refractivity contribution in [1.82, 2.24) is 9.97 Å². The second kappa shape index (κ2) is 9.68. The van der Waals surface area contributed by atoms with E-state index in [2.05, 4.69) is 15.3 Å². The molecule has 2 aromatic heterocycles. The molecule has 0 unspecified atom stereocenters. The first-order valence-electron chi connectivity index (χ1n) is 9.75. The first-order chi connectivity index (χ1) is 14.4. The predicted octanol–water partition coefficient (Wildman–Crippen LogP) is 2.16. The summed E-state index contributed by atoms with van der Waals surface area (Å²) < 4.78 is 26.0. The molecule has 2 heterocycles. The fourth-order valence-electron chi connectivity index (χ4n) is 3.13. The highest BCUT2D eigenvalue weighted by Crippen LogP contribution is 2.39. The van der Waals surface area contributed by atoms with Gasteiger partial charge < -0.3 is 26.3 Å². The van der Waals surface area contributed by atoms with Crippen molar-refractivity contribution in [2.24, 2.45) is 17.4 Å². The van der Waals surface area contributed by atoms with Crippen molar-refractivity contribution in [3.05, 3.63) is 36.3 Å². The monoisotopic (exact) mass is 418 g/mol. The highest BCUT2D eigenvalue weighted by Gasteiger charge is 2.34. The van der Waals surface area contributed by atoms with Crippen LogP contribution in [-0.4, -0.2) is 48.3 Å². The van der Waals surface area contributed by atoms with Gasteiger partial charge in [-0.05, 0) is 31.7 Å². The number of carbonyl (C=O) groups is 1. The van der Waals surface area contributed by atoms with Gasteiger partial charge in [0.1, 0.15) is 12.3 Å². The quantitative estimate of drug-likeness (QED) is 0.374. The Labute approximate surface area is 174 Å². The van der Waals surface area contributed by atoms with Gasteiger partial charge in [-0.2, -0.15) is 5.12 Å². The molecule has 9 nitrogen and oxygen atoms in total. The SMILES string of the molecule is COCCOc1cc(N(F)c2cncc(C(N)=O)c2)c(N[C@H](C2CC2)[C@H](C)N)cn1. The van der Waals surface area contributed by atoms with Crippen molar-refractivity contribution >= 4 is 23.0 Å². The number of nitrogens with zero attached hydrogens (tertiary/aromatic N) is 3. The van der Waals surface area contributed by atoms with Gasteiger partial charge in [-0.1, -0.05) is 4.48 Å². The normalized spacial score (nSPS) is 15.3. The minimum atomic E-state index is -0.694. The molecule has 1 aliphatic carbocycles. The zero-order chi connectivity index (χ0) is 21.7. The molecule has 2 aromatic rings. The van der Waals surface area contributed by atoms with E-state index in [1.165, 1.54) is 30.7 Å². The Morgan fingerprint density at radius 1 is 1.33 bits per heavy atom. The van der Waals surface area contributed by atoms with Gasteiger partial charge >= 0.3 is 0 Å². The summed E-state index contributed by atoms with van der Waals surface area (Å²) in [6.07, 6.45) is 6.23. The van der Waals surface area contributed by atoms with Crippen LogP contribution in [0.1, 0.15) is 30.1 Å². The Bertz CT molecular complexity index is 875. The van der Waals surface area contributed by atoms with Crippen LogP contribution in [0.2, 0.25) is 0 Å². The molecule has 3 rings (SSSR count). The molecule has 162 valence electrons. The molecule has 1 aliphatic rings. The number of carbonyl (C=O) groups excluding carboxylic acids is 1. The number of nitrogens with one attached hydrogen (secondary N) is 1. The molecule has 0 aliphatic heterocycles. The Kier molecular flexibility index (Phi) is 7.01. The number of ether oxygens (including phenoxy) is 2. The maximum Gasteiger partial charge on any atom is 0.250 e. The first-order valence-corrected chi connectivity index (χ1v) is 9.75. The average Bonchev–Trinajstić information content (AvgIpc) is 3.57. The van der Waals surface area contributed by atoms with Crippen molar-refractivity contribution in [2.45, 2.75) is 31.8 Å². The first kappa shape index (κ1) is 21.7. The van der Waals surface area contributed by atoms with Gasteiger partial charge in [0.25, 0.3) is 0 Å². The standard InChI is InChI=1S/C20H27FN6O3/c1-12(22)19(13-3-4-13)26-16-11-25-18(30-6-5-29-2)8-17(16)27(21)15-7-14(20(23)28)9-24-10-15/h7-13,19,26H,3-6,22H2,1-2H3,(H2,23,28)/t12-,19-/m0/s1. The third-order valence-electron chi connectivity index (χ3n) is 4.86. The minimum absolute atomic E-state index is 0.0192. The Morgan fingerprint density at radius 3 is 2.73 bits per heavy atom. The number of halogens is 1. The van der Waals surface area contributed by atoms with Crippen LogP contribution < -0.4 is 26.6 Å². The van der Waals surface area contributed by atoms with E-state index < -0.39 is 5.91 Å². The summed E-state index contributed by atoms with van der Waals surface area (Å²) in [6.45, 7) is 2.55. The topological polar surface area (TPSA) is 129 Å². The van der Waals surface area contributed by atoms with Crippen LogP contribution in [0, 0.1) is 5.92 Å². The fourth-order valence-corrected chi connectivity index (χ4v) is 3.13. The fraction of sp³-hybridized carbons (Fsp3) is 0.450. The Balaban J connectivity index is 1.94. The molecule has 0 bridgehead atoms. The number of pyridine rings is 2. The summed E-state index contributed by atoms with van der Waals surface area (Å²) in [5.74, 6) is -0.0263. The van der Waals surface area contributed by atoms with Gasteiger partial charge in [-0.25, -0.2) is 4.98 Å². The maximum atomic E-state index is 15.5. The number of nitrogens with two attached hydrogens (primary N) is 2. The summed E-state index contributed by atoms with van der Waals surface area (Å²) in [5, 5.41) is 3.74. The number of rotatable bonds is 11. The molecule has 0 saturated heterocycles. The van der Waals surface area contributed by atoms with Gasteiger partial charge in [0.2, 0.25) is 11.8 Å². The summed E-state index contributed by atoms with van der Waals surface area (Å²) in [7, 11) is 1.56. The van der Waals surface area contributed by atoms with Gasteiger partial charge in [0.15, 0.2) is 0 Å². The molecule has 2 atom stereocenters. The van der Waals surface area contributed by atoms with Crippen LogP contribution in [-0.2, 0) is 4.74 Å². The lowest BCUT2D eigenvalue weighted by Crippen LogP contribution is -2.39. The molecule has 1 fully saturated rings. The molecule has 30 heavy (non-hydrogen) atoms. The molecular weight excluding hydrogens is 391 g/mol. The zero-order valence-corrected chi connectivity index (χ0v) is 17.0. The summed E-state index contributed by atoms with van der Waals surface area (Å²) in [5.41, 5.74) is 12.2. The molecule has 0 aromatic carbocycles. The zero-order valence-electron chi connectivity index (χ0n) is 17.0. The number of aromatic nitrogens is 2. The minimum Gasteiger partial charge on any atom is -0.475 e. The molecular formula is C20H27FN6O3. The third kappa shape index (κ3) is 5.33. The summed E-state index contributed by atoms with van der Waals surface area (Å²) >= 11 is 0. The van der Waals surface area contributed by atoms with E-state index in [-0.39, 0.29) is 41.5 Å². The van der Waals surface area contributed by atoms with E-state index >= 15 is 4.48 Å². The largest absolute Gasteiger partial charge is 0.475 e. The van der Waals surface area contributed by atoms with Crippen LogP contribution in [0.4, 0.5) is 21.5 Å². The van der Waals surface area contributed by atoms with Crippen molar-refractivity contribution in [3.63, 3.8) is 0 Å². The number of hydrogen-bond acceptors (Lipinski definition) is 8. The molecule has 10 heteroatoms. The Hall–Kier alpha value is -2.98. The van der Waals surface area contributed by atoms with Crippen LogP contribution in [0.3, 0.4) is 0 Å². The highest BCUT2D eigenvalue weighted by molar-refractivity contribution is 5.93. The number of anilines is 3. The van der Waals surface area contributed by atoms with E-state index in [1.54, 1.807) is 7.11 Å². The van der Waals surface area contributed by atoms with Gasteiger partial charge in [-0.15, -0.1) is 0 Å². The Morgan fingerprint density at radius 2 is 2.10 bits per heavy atom. The highest BCUT2D eigenvalue weighted by atomic mass is 19.2. The number of amides is 1. The van der Waals surface area contributed by atoms with Gasteiger partial charge in [-0.3, -0.25) is 9.78 Å². The van der Waals surface area contributed by atoms with Crippen molar-refractivity contribution in [2.75, 3.05) is 30.8 Å². The smallest absolute Gasteiger partial charge is 0.250 e. The maximum absolute atomic E-state index is 15.5. The van der Waals surface area contributed by atoms with E-state index in [0.717, 1.165) is 12.8 Å². The molecule has 5 N–H and O–H groups in total. The third-order valence-corrected chi connectivity index (χ3v) is 4.86.